The molecule has 0 unspecified atom stereocenters. The molecule has 3 N–H and O–H groups in total. The molecule has 0 saturated heterocycles. The molecular formula is C9H12FN3O3. The number of nitrogens with zero attached hydrogens (tertiary/aromatic N) is 1. The van der Waals surface area contributed by atoms with Crippen molar-refractivity contribution in [2.45, 2.75) is 25.8 Å². The number of rotatable bonds is 5. The van der Waals surface area contributed by atoms with Gasteiger partial charge in [0.1, 0.15) is 0 Å². The number of H-pyrrole nitrogens is 1. The molecule has 0 atom stereocenters. The smallest absolute Gasteiger partial charge is 0.328 e. The lowest BCUT2D eigenvalue weighted by Crippen LogP contribution is -2.31. The lowest BCUT2D eigenvalue weighted by atomic mass is 10.2. The van der Waals surface area contributed by atoms with Gasteiger partial charge >= 0.3 is 5.69 Å². The maximum atomic E-state index is 12.8. The van der Waals surface area contributed by atoms with E-state index < -0.39 is 23.0 Å². The summed E-state index contributed by atoms with van der Waals surface area (Å²) >= 11 is 0. The van der Waals surface area contributed by atoms with Gasteiger partial charge < -0.3 is 5.73 Å². The number of halogens is 1. The monoisotopic (exact) mass is 229 g/mol. The number of hydrogen-bond donors (Lipinski definition) is 2. The van der Waals surface area contributed by atoms with Crippen LogP contribution in [0.25, 0.3) is 0 Å². The molecule has 0 aliphatic rings. The molecular weight excluding hydrogens is 217 g/mol. The SMILES string of the molecule is NC(=O)CCCCn1cc(F)c(=O)[nH]c1=O. The van der Waals surface area contributed by atoms with E-state index >= 15 is 0 Å². The maximum Gasteiger partial charge on any atom is 0.328 e. The molecule has 0 aromatic carbocycles. The number of amides is 1. The van der Waals surface area contributed by atoms with Crippen molar-refractivity contribution in [1.82, 2.24) is 9.55 Å². The summed E-state index contributed by atoms with van der Waals surface area (Å²) in [5.74, 6) is -1.42. The molecule has 7 heteroatoms. The number of nitrogens with one attached hydrogen (secondary N) is 1. The molecule has 0 aliphatic heterocycles. The molecule has 6 nitrogen and oxygen atoms in total. The molecule has 0 spiro atoms. The predicted octanol–water partition coefficient (Wildman–Crippen LogP) is -0.669. The Balaban J connectivity index is 2.61. The third-order valence-electron chi connectivity index (χ3n) is 2.04. The highest BCUT2D eigenvalue weighted by atomic mass is 19.1. The van der Waals surface area contributed by atoms with Crippen LogP contribution in [0.3, 0.4) is 0 Å². The zero-order valence-corrected chi connectivity index (χ0v) is 8.53. The molecule has 1 aromatic rings. The first-order chi connectivity index (χ1) is 7.50. The minimum atomic E-state index is -1.03. The molecule has 1 aromatic heterocycles. The fourth-order valence-electron chi connectivity index (χ4n) is 1.23. The van der Waals surface area contributed by atoms with Crippen LogP contribution in [0.1, 0.15) is 19.3 Å². The van der Waals surface area contributed by atoms with Crippen molar-refractivity contribution in [2.24, 2.45) is 5.73 Å². The van der Waals surface area contributed by atoms with Gasteiger partial charge in [-0.1, -0.05) is 0 Å². The Kier molecular flexibility index (Phi) is 3.98. The van der Waals surface area contributed by atoms with E-state index in [1.165, 1.54) is 0 Å². The van der Waals surface area contributed by atoms with Crippen LogP contribution in [-0.2, 0) is 11.3 Å². The Labute approximate surface area is 89.9 Å². The average molecular weight is 229 g/mol. The molecule has 1 rings (SSSR count). The van der Waals surface area contributed by atoms with Gasteiger partial charge in [-0.25, -0.2) is 4.79 Å². The van der Waals surface area contributed by atoms with Gasteiger partial charge in [0, 0.05) is 13.0 Å². The van der Waals surface area contributed by atoms with E-state index in [2.05, 4.69) is 0 Å². The summed E-state index contributed by atoms with van der Waals surface area (Å²) in [5.41, 5.74) is 3.24. The van der Waals surface area contributed by atoms with E-state index in [-0.39, 0.29) is 13.0 Å². The number of aryl methyl sites for hydroxylation is 1. The van der Waals surface area contributed by atoms with E-state index in [4.69, 9.17) is 5.73 Å². The Morgan fingerprint density at radius 2 is 2.12 bits per heavy atom. The van der Waals surface area contributed by atoms with Crippen molar-refractivity contribution in [1.29, 1.82) is 0 Å². The summed E-state index contributed by atoms with van der Waals surface area (Å²) in [6.45, 7) is 0.236. The molecule has 0 aliphatic carbocycles. The van der Waals surface area contributed by atoms with Crippen molar-refractivity contribution in [3.63, 3.8) is 0 Å². The largest absolute Gasteiger partial charge is 0.370 e. The Morgan fingerprint density at radius 1 is 1.44 bits per heavy atom. The molecule has 0 radical (unpaired) electrons. The van der Waals surface area contributed by atoms with Crippen LogP contribution < -0.4 is 17.0 Å². The topological polar surface area (TPSA) is 97.9 Å². The van der Waals surface area contributed by atoms with Crippen LogP contribution in [0.4, 0.5) is 4.39 Å². The number of hydrogen-bond acceptors (Lipinski definition) is 3. The fourth-order valence-corrected chi connectivity index (χ4v) is 1.23. The second-order valence-electron chi connectivity index (χ2n) is 3.35. The number of aromatic amines is 1. The zero-order valence-electron chi connectivity index (χ0n) is 8.53. The first-order valence-corrected chi connectivity index (χ1v) is 4.78. The molecule has 0 saturated carbocycles. The third-order valence-corrected chi connectivity index (χ3v) is 2.04. The first kappa shape index (κ1) is 12.2. The summed E-state index contributed by atoms with van der Waals surface area (Å²) in [5, 5.41) is 0. The summed E-state index contributed by atoms with van der Waals surface area (Å²) in [6.07, 6.45) is 2.10. The summed E-state index contributed by atoms with van der Waals surface area (Å²) in [6, 6.07) is 0. The van der Waals surface area contributed by atoms with Crippen LogP contribution in [-0.4, -0.2) is 15.5 Å². The van der Waals surface area contributed by atoms with Crippen LogP contribution in [0.15, 0.2) is 15.8 Å². The van der Waals surface area contributed by atoms with Gasteiger partial charge in [-0.05, 0) is 12.8 Å². The fraction of sp³-hybridized carbons (Fsp3) is 0.444. The second kappa shape index (κ2) is 5.24. The number of carbonyl (C=O) groups is 1. The summed E-state index contributed by atoms with van der Waals surface area (Å²) in [7, 11) is 0. The molecule has 1 amide bonds. The van der Waals surface area contributed by atoms with Crippen molar-refractivity contribution < 1.29 is 9.18 Å². The molecule has 88 valence electrons. The second-order valence-corrected chi connectivity index (χ2v) is 3.35. The van der Waals surface area contributed by atoms with Crippen LogP contribution >= 0.6 is 0 Å². The highest BCUT2D eigenvalue weighted by Crippen LogP contribution is 1.96. The number of unbranched alkanes of at least 4 members (excludes halogenated alkanes) is 1. The standard InChI is InChI=1S/C9H12FN3O3/c10-6-5-13(9(16)12-8(6)15)4-2-1-3-7(11)14/h5H,1-4H2,(H2,11,14)(H,12,15,16). The number of aromatic nitrogens is 2. The highest BCUT2D eigenvalue weighted by Gasteiger charge is 2.03. The average Bonchev–Trinajstić information content (AvgIpc) is 2.19. The molecule has 16 heavy (non-hydrogen) atoms. The minimum Gasteiger partial charge on any atom is -0.370 e. The Hall–Kier alpha value is -1.92. The van der Waals surface area contributed by atoms with Gasteiger partial charge in [0.05, 0.1) is 6.20 Å². The quantitative estimate of drug-likeness (QED) is 0.655. The van der Waals surface area contributed by atoms with Gasteiger partial charge in [0.15, 0.2) is 0 Å². The zero-order chi connectivity index (χ0) is 12.1. The van der Waals surface area contributed by atoms with Crippen molar-refractivity contribution in [2.75, 3.05) is 0 Å². The normalized spacial score (nSPS) is 10.3. The summed E-state index contributed by atoms with van der Waals surface area (Å²) < 4.78 is 13.9. The van der Waals surface area contributed by atoms with Gasteiger partial charge in [0.2, 0.25) is 11.7 Å². The number of carbonyl (C=O) groups excluding carboxylic acids is 1. The van der Waals surface area contributed by atoms with Gasteiger partial charge in [-0.2, -0.15) is 4.39 Å². The van der Waals surface area contributed by atoms with Gasteiger partial charge in [-0.15, -0.1) is 0 Å². The maximum absolute atomic E-state index is 12.8. The first-order valence-electron chi connectivity index (χ1n) is 4.78. The molecule has 1 heterocycles. The highest BCUT2D eigenvalue weighted by molar-refractivity contribution is 5.73. The van der Waals surface area contributed by atoms with E-state index in [0.29, 0.717) is 12.8 Å². The van der Waals surface area contributed by atoms with Crippen molar-refractivity contribution in [3.05, 3.63) is 32.9 Å². The molecule has 0 bridgehead atoms. The number of primary amides is 1. The van der Waals surface area contributed by atoms with Crippen LogP contribution in [0.5, 0.6) is 0 Å². The van der Waals surface area contributed by atoms with E-state index in [1.807, 2.05) is 4.98 Å². The molecule has 0 fully saturated rings. The number of nitrogens with two attached hydrogens (primary N) is 1. The lowest BCUT2D eigenvalue weighted by molar-refractivity contribution is -0.118. The Morgan fingerprint density at radius 3 is 2.75 bits per heavy atom. The third kappa shape index (κ3) is 3.34. The predicted molar refractivity (Wildman–Crippen MR) is 54.3 cm³/mol. The van der Waals surface area contributed by atoms with Crippen LogP contribution in [0.2, 0.25) is 0 Å². The van der Waals surface area contributed by atoms with E-state index in [9.17, 15) is 18.8 Å². The van der Waals surface area contributed by atoms with Crippen LogP contribution in [0, 0.1) is 5.82 Å². The summed E-state index contributed by atoms with van der Waals surface area (Å²) in [4.78, 5) is 34.1. The lowest BCUT2D eigenvalue weighted by Gasteiger charge is -2.03. The van der Waals surface area contributed by atoms with Gasteiger partial charge in [-0.3, -0.25) is 19.1 Å². The minimum absolute atomic E-state index is 0.223. The van der Waals surface area contributed by atoms with Crippen molar-refractivity contribution in [3.8, 4) is 0 Å². The van der Waals surface area contributed by atoms with Crippen molar-refractivity contribution >= 4 is 5.91 Å². The Bertz CT molecular complexity index is 492. The van der Waals surface area contributed by atoms with E-state index in [0.717, 1.165) is 10.8 Å². The van der Waals surface area contributed by atoms with Gasteiger partial charge in [0.25, 0.3) is 5.56 Å². The van der Waals surface area contributed by atoms with E-state index in [1.54, 1.807) is 0 Å².